The van der Waals surface area contributed by atoms with Crippen molar-refractivity contribution in [3.05, 3.63) is 77.6 Å². The number of nitrogens with zero attached hydrogens (tertiary/aromatic N) is 2. The average molecular weight is 444 g/mol. The third kappa shape index (κ3) is 4.85. The van der Waals surface area contributed by atoms with Crippen LogP contribution >= 0.6 is 0 Å². The fourth-order valence-electron chi connectivity index (χ4n) is 3.41. The molecule has 8 nitrogen and oxygen atoms in total. The monoisotopic (exact) mass is 444 g/mol. The molecule has 0 bridgehead atoms. The second-order valence-corrected chi connectivity index (χ2v) is 7.85. The van der Waals surface area contributed by atoms with Gasteiger partial charge in [0, 0.05) is 11.3 Å². The first-order chi connectivity index (χ1) is 15.9. The number of nitrogens with one attached hydrogen (secondary N) is 2. The molecular formula is C25H24N4O4. The summed E-state index contributed by atoms with van der Waals surface area (Å²) in [6, 6.07) is 18.9. The second-order valence-electron chi connectivity index (χ2n) is 7.85. The zero-order chi connectivity index (χ0) is 23.4. The smallest absolute Gasteiger partial charge is 0.276 e. The lowest BCUT2D eigenvalue weighted by Gasteiger charge is -2.13. The fourth-order valence-corrected chi connectivity index (χ4v) is 3.41. The van der Waals surface area contributed by atoms with Crippen LogP contribution in [0.3, 0.4) is 0 Å². The molecule has 0 atom stereocenters. The normalized spacial score (nSPS) is 10.9. The lowest BCUT2D eigenvalue weighted by atomic mass is 10.0. The highest BCUT2D eigenvalue weighted by atomic mass is 16.5. The number of hydrogen-bond acceptors (Lipinski definition) is 6. The van der Waals surface area contributed by atoms with E-state index in [4.69, 9.17) is 9.26 Å². The van der Waals surface area contributed by atoms with Gasteiger partial charge in [0.25, 0.3) is 17.5 Å². The van der Waals surface area contributed by atoms with Crippen LogP contribution in [-0.2, 0) is 4.79 Å². The van der Waals surface area contributed by atoms with Gasteiger partial charge in [-0.3, -0.25) is 20.4 Å². The summed E-state index contributed by atoms with van der Waals surface area (Å²) in [7, 11) is 0. The molecule has 8 heteroatoms. The summed E-state index contributed by atoms with van der Waals surface area (Å²) >= 11 is 0. The number of aromatic nitrogens is 2. The van der Waals surface area contributed by atoms with Crippen LogP contribution < -0.4 is 15.6 Å². The highest BCUT2D eigenvalue weighted by Crippen LogP contribution is 2.29. The van der Waals surface area contributed by atoms with Gasteiger partial charge in [0.15, 0.2) is 6.61 Å². The Morgan fingerprint density at radius 1 is 1.03 bits per heavy atom. The Bertz CT molecular complexity index is 1300. The Labute approximate surface area is 190 Å². The Balaban J connectivity index is 1.43. The molecule has 2 aromatic carbocycles. The summed E-state index contributed by atoms with van der Waals surface area (Å²) in [5.41, 5.74) is 8.55. The van der Waals surface area contributed by atoms with Gasteiger partial charge in [-0.05, 0) is 30.5 Å². The number of hydrazine groups is 1. The van der Waals surface area contributed by atoms with Gasteiger partial charge in [-0.1, -0.05) is 67.5 Å². The molecule has 4 aromatic rings. The predicted molar refractivity (Wildman–Crippen MR) is 124 cm³/mol. The van der Waals surface area contributed by atoms with Gasteiger partial charge in [-0.15, -0.1) is 0 Å². The molecule has 0 radical (unpaired) electrons. The Morgan fingerprint density at radius 2 is 1.76 bits per heavy atom. The molecule has 0 saturated carbocycles. The maximum Gasteiger partial charge on any atom is 0.276 e. The molecule has 0 unspecified atom stereocenters. The van der Waals surface area contributed by atoms with Crippen molar-refractivity contribution in [2.75, 3.05) is 6.61 Å². The van der Waals surface area contributed by atoms with Crippen LogP contribution in [0.4, 0.5) is 0 Å². The molecular weight excluding hydrogens is 420 g/mol. The Kier molecular flexibility index (Phi) is 6.35. The summed E-state index contributed by atoms with van der Waals surface area (Å²) in [6.45, 7) is 5.40. The van der Waals surface area contributed by atoms with Gasteiger partial charge in [-0.2, -0.15) is 0 Å². The first-order valence-electron chi connectivity index (χ1n) is 10.6. The van der Waals surface area contributed by atoms with Gasteiger partial charge in [0.2, 0.25) is 0 Å². The lowest BCUT2D eigenvalue weighted by Crippen LogP contribution is -2.44. The van der Waals surface area contributed by atoms with Gasteiger partial charge in [0.05, 0.1) is 16.6 Å². The molecule has 4 rings (SSSR count). The third-order valence-electron chi connectivity index (χ3n) is 5.12. The highest BCUT2D eigenvalue weighted by Gasteiger charge is 2.20. The minimum atomic E-state index is -0.498. The second kappa shape index (κ2) is 9.52. The average Bonchev–Trinajstić information content (AvgIpc) is 3.22. The van der Waals surface area contributed by atoms with Gasteiger partial charge in [-0.25, -0.2) is 4.98 Å². The zero-order valence-corrected chi connectivity index (χ0v) is 18.6. The number of ether oxygens (including phenoxy) is 1. The number of pyridine rings is 1. The van der Waals surface area contributed by atoms with Crippen LogP contribution in [-0.4, -0.2) is 28.6 Å². The number of hydrogen-bond donors (Lipinski definition) is 2. The van der Waals surface area contributed by atoms with E-state index in [0.717, 1.165) is 11.1 Å². The van der Waals surface area contributed by atoms with Crippen molar-refractivity contribution in [2.24, 2.45) is 0 Å². The summed E-state index contributed by atoms with van der Waals surface area (Å²) < 4.78 is 11.0. The number of carbonyl (C=O) groups excluding carboxylic acids is 2. The Hall–Kier alpha value is -4.20. The largest absolute Gasteiger partial charge is 0.483 e. The molecule has 2 heterocycles. The molecule has 0 aliphatic heterocycles. The molecule has 168 valence electrons. The predicted octanol–water partition coefficient (Wildman–Crippen LogP) is 4.16. The summed E-state index contributed by atoms with van der Waals surface area (Å²) in [4.78, 5) is 29.6. The van der Waals surface area contributed by atoms with E-state index in [9.17, 15) is 9.59 Å². The topological polar surface area (TPSA) is 106 Å². The van der Waals surface area contributed by atoms with E-state index < -0.39 is 11.8 Å². The van der Waals surface area contributed by atoms with Gasteiger partial charge in [0.1, 0.15) is 5.75 Å². The van der Waals surface area contributed by atoms with E-state index >= 15 is 0 Å². The number of benzene rings is 2. The quantitative estimate of drug-likeness (QED) is 0.433. The minimum Gasteiger partial charge on any atom is -0.483 e. The van der Waals surface area contributed by atoms with E-state index in [1.807, 2.05) is 62.4 Å². The molecule has 0 fully saturated rings. The van der Waals surface area contributed by atoms with Crippen molar-refractivity contribution < 1.29 is 18.8 Å². The molecule has 0 saturated heterocycles. The number of amides is 2. The maximum absolute atomic E-state index is 12.8. The van der Waals surface area contributed by atoms with Crippen molar-refractivity contribution in [1.82, 2.24) is 21.0 Å². The summed E-state index contributed by atoms with van der Waals surface area (Å²) in [5, 5.41) is 4.42. The molecule has 0 spiro atoms. The number of fused-ring (bicyclic) bond motifs is 1. The van der Waals surface area contributed by atoms with Gasteiger partial charge < -0.3 is 9.26 Å². The number of para-hydroxylation sites is 1. The van der Waals surface area contributed by atoms with Crippen LogP contribution in [0.2, 0.25) is 0 Å². The van der Waals surface area contributed by atoms with E-state index in [1.54, 1.807) is 19.1 Å². The maximum atomic E-state index is 12.8. The van der Waals surface area contributed by atoms with Crippen molar-refractivity contribution in [2.45, 2.75) is 26.7 Å². The molecule has 33 heavy (non-hydrogen) atoms. The minimum absolute atomic E-state index is 0.0824. The standard InChI is InChI=1S/C25H24N4O4/c1-15(2)20-13-19(23-16(3)29-33-25(23)26-20)24(31)28-27-22(30)14-32-21-12-8-7-11-18(21)17-9-5-4-6-10-17/h4-13,15H,14H2,1-3H3,(H,27,30)(H,28,31). The first-order valence-corrected chi connectivity index (χ1v) is 10.6. The molecule has 2 amide bonds. The fraction of sp³-hybridized carbons (Fsp3) is 0.200. The zero-order valence-electron chi connectivity index (χ0n) is 18.6. The Morgan fingerprint density at radius 3 is 2.52 bits per heavy atom. The van der Waals surface area contributed by atoms with E-state index in [-0.39, 0.29) is 18.2 Å². The third-order valence-corrected chi connectivity index (χ3v) is 5.12. The van der Waals surface area contributed by atoms with Gasteiger partial charge >= 0.3 is 0 Å². The van der Waals surface area contributed by atoms with Crippen molar-refractivity contribution in [3.8, 4) is 16.9 Å². The van der Waals surface area contributed by atoms with Crippen molar-refractivity contribution in [1.29, 1.82) is 0 Å². The van der Waals surface area contributed by atoms with Crippen molar-refractivity contribution in [3.63, 3.8) is 0 Å². The van der Waals surface area contributed by atoms with Crippen LogP contribution in [0.5, 0.6) is 5.75 Å². The molecule has 2 N–H and O–H groups in total. The number of carbonyl (C=O) groups is 2. The van der Waals surface area contributed by atoms with Crippen LogP contribution in [0.1, 0.15) is 41.5 Å². The number of aryl methyl sites for hydroxylation is 1. The summed E-state index contributed by atoms with van der Waals surface area (Å²) in [5.74, 6) is -0.335. The first kappa shape index (κ1) is 22.0. The van der Waals surface area contributed by atoms with Crippen LogP contribution in [0, 0.1) is 6.92 Å². The molecule has 0 aliphatic carbocycles. The van der Waals surface area contributed by atoms with Crippen LogP contribution in [0.25, 0.3) is 22.2 Å². The SMILES string of the molecule is Cc1noc2nc(C(C)C)cc(C(=O)NNC(=O)COc3ccccc3-c3ccccc3)c12. The molecule has 0 aliphatic rings. The van der Waals surface area contributed by atoms with E-state index in [0.29, 0.717) is 28.1 Å². The summed E-state index contributed by atoms with van der Waals surface area (Å²) in [6.07, 6.45) is 0. The lowest BCUT2D eigenvalue weighted by molar-refractivity contribution is -0.123. The van der Waals surface area contributed by atoms with Crippen molar-refractivity contribution >= 4 is 22.9 Å². The van der Waals surface area contributed by atoms with Crippen LogP contribution in [0.15, 0.2) is 65.2 Å². The highest BCUT2D eigenvalue weighted by molar-refractivity contribution is 6.06. The molecule has 2 aromatic heterocycles. The van der Waals surface area contributed by atoms with E-state index in [2.05, 4.69) is 21.0 Å². The number of rotatable bonds is 6. The van der Waals surface area contributed by atoms with E-state index in [1.165, 1.54) is 0 Å².